The minimum atomic E-state index is -0.534. The summed E-state index contributed by atoms with van der Waals surface area (Å²) in [5.74, 6) is 0.834. The smallest absolute Gasteiger partial charge is 0.410 e. The molecule has 3 aromatic rings. The fourth-order valence-corrected chi connectivity index (χ4v) is 5.58. The summed E-state index contributed by atoms with van der Waals surface area (Å²) >= 11 is 6.34. The lowest BCUT2D eigenvalue weighted by Crippen LogP contribution is -2.55. The zero-order chi connectivity index (χ0) is 26.3. The summed E-state index contributed by atoms with van der Waals surface area (Å²) in [5, 5.41) is 11.7. The predicted molar refractivity (Wildman–Crippen MR) is 146 cm³/mol. The van der Waals surface area contributed by atoms with E-state index in [9.17, 15) is 9.90 Å². The van der Waals surface area contributed by atoms with Crippen LogP contribution in [0.15, 0.2) is 36.8 Å². The van der Waals surface area contributed by atoms with Crippen LogP contribution >= 0.6 is 11.6 Å². The van der Waals surface area contributed by atoms with Crippen LogP contribution in [-0.2, 0) is 4.74 Å². The maximum absolute atomic E-state index is 12.7. The lowest BCUT2D eigenvalue weighted by molar-refractivity contribution is 0.0218. The van der Waals surface area contributed by atoms with E-state index in [1.165, 1.54) is 0 Å². The minimum absolute atomic E-state index is 0.0222. The Morgan fingerprint density at radius 2 is 2.00 bits per heavy atom. The van der Waals surface area contributed by atoms with Gasteiger partial charge in [-0.25, -0.2) is 14.8 Å². The molecule has 2 unspecified atom stereocenters. The van der Waals surface area contributed by atoms with Crippen LogP contribution in [0, 0.1) is 0 Å². The van der Waals surface area contributed by atoms with Gasteiger partial charge in [-0.1, -0.05) is 17.7 Å². The van der Waals surface area contributed by atoms with Crippen LogP contribution in [-0.4, -0.2) is 81.1 Å². The highest BCUT2D eigenvalue weighted by Crippen LogP contribution is 2.40. The molecular formula is C27H35ClN6O3. The van der Waals surface area contributed by atoms with Crippen molar-refractivity contribution in [3.05, 3.63) is 41.8 Å². The Labute approximate surface area is 222 Å². The monoisotopic (exact) mass is 526 g/mol. The van der Waals surface area contributed by atoms with Gasteiger partial charge in [0.2, 0.25) is 0 Å². The number of fused-ring (bicyclic) bond motifs is 1. The molecule has 2 aromatic heterocycles. The Balaban J connectivity index is 1.56. The number of nitrogens with zero attached hydrogens (tertiary/aromatic N) is 6. The van der Waals surface area contributed by atoms with Crippen molar-refractivity contribution in [2.75, 3.05) is 42.6 Å². The van der Waals surface area contributed by atoms with E-state index >= 15 is 0 Å². The quantitative estimate of drug-likeness (QED) is 0.536. The molecule has 2 aliphatic rings. The predicted octanol–water partition coefficient (Wildman–Crippen LogP) is 4.48. The summed E-state index contributed by atoms with van der Waals surface area (Å²) in [6.07, 6.45) is 5.35. The van der Waals surface area contributed by atoms with Crippen LogP contribution in [0.25, 0.3) is 16.7 Å². The van der Waals surface area contributed by atoms with Crippen LogP contribution < -0.4 is 9.80 Å². The first-order valence-corrected chi connectivity index (χ1v) is 13.3. The fraction of sp³-hybridized carbons (Fsp3) is 0.519. The summed E-state index contributed by atoms with van der Waals surface area (Å²) in [6.45, 7) is 10.4. The first-order chi connectivity index (χ1) is 17.7. The summed E-state index contributed by atoms with van der Waals surface area (Å²) < 4.78 is 7.66. The topological polar surface area (TPSA) is 87.0 Å². The molecule has 5 rings (SSSR count). The van der Waals surface area contributed by atoms with Crippen molar-refractivity contribution >= 4 is 40.2 Å². The Morgan fingerprint density at radius 3 is 2.70 bits per heavy atom. The van der Waals surface area contributed by atoms with Gasteiger partial charge in [-0.3, -0.25) is 4.57 Å². The maximum atomic E-state index is 12.7. The van der Waals surface area contributed by atoms with E-state index in [-0.39, 0.29) is 24.8 Å². The van der Waals surface area contributed by atoms with Crippen molar-refractivity contribution in [2.45, 2.75) is 58.2 Å². The summed E-state index contributed by atoms with van der Waals surface area (Å²) in [6, 6.07) is 7.78. The average molecular weight is 527 g/mol. The molecule has 2 fully saturated rings. The highest BCUT2D eigenvalue weighted by Gasteiger charge is 2.34. The van der Waals surface area contributed by atoms with Gasteiger partial charge >= 0.3 is 6.09 Å². The third-order valence-corrected chi connectivity index (χ3v) is 7.31. The van der Waals surface area contributed by atoms with Crippen molar-refractivity contribution in [1.82, 2.24) is 19.4 Å². The molecule has 9 nitrogen and oxygen atoms in total. The van der Waals surface area contributed by atoms with Gasteiger partial charge in [-0.2, -0.15) is 0 Å². The van der Waals surface area contributed by atoms with Gasteiger partial charge in [0.05, 0.1) is 23.7 Å². The van der Waals surface area contributed by atoms with Gasteiger partial charge in [-0.05, 0) is 58.7 Å². The molecule has 0 saturated carbocycles. The second-order valence-corrected chi connectivity index (χ2v) is 11.3. The van der Waals surface area contributed by atoms with Crippen molar-refractivity contribution in [2.24, 2.45) is 0 Å². The highest BCUT2D eigenvalue weighted by molar-refractivity contribution is 6.30. The lowest BCUT2D eigenvalue weighted by atomic mass is 10.1. The van der Waals surface area contributed by atoms with E-state index in [2.05, 4.69) is 27.5 Å². The molecule has 198 valence electrons. The molecular weight excluding hydrogens is 492 g/mol. The molecule has 4 heterocycles. The number of aromatic nitrogens is 3. The van der Waals surface area contributed by atoms with Crippen molar-refractivity contribution in [1.29, 1.82) is 0 Å². The number of halogens is 1. The molecule has 10 heteroatoms. The third kappa shape index (κ3) is 5.07. The van der Waals surface area contributed by atoms with Gasteiger partial charge in [0, 0.05) is 49.1 Å². The molecule has 1 amide bonds. The maximum Gasteiger partial charge on any atom is 0.410 e. The summed E-state index contributed by atoms with van der Waals surface area (Å²) in [5.41, 5.74) is 2.17. The largest absolute Gasteiger partial charge is 0.444 e. The fourth-order valence-electron chi connectivity index (χ4n) is 5.39. The van der Waals surface area contributed by atoms with E-state index in [1.54, 1.807) is 11.2 Å². The number of ether oxygens (including phenoxy) is 1. The van der Waals surface area contributed by atoms with E-state index in [0.717, 1.165) is 47.6 Å². The molecule has 0 aliphatic carbocycles. The number of rotatable bonds is 4. The summed E-state index contributed by atoms with van der Waals surface area (Å²) in [7, 11) is 0. The van der Waals surface area contributed by atoms with Crippen LogP contribution in [0.3, 0.4) is 0 Å². The zero-order valence-electron chi connectivity index (χ0n) is 21.9. The molecule has 0 radical (unpaired) electrons. The average Bonchev–Trinajstić information content (AvgIpc) is 3.47. The normalized spacial score (nSPS) is 20.6. The SMILES string of the molecule is CC1CN(C(=O)OC(C)(C)C)CCN1c1ncnc2c1c(N1CCCC1CO)cn2-c1cccc(Cl)c1. The number of anilines is 2. The van der Waals surface area contributed by atoms with E-state index in [0.29, 0.717) is 24.7 Å². The van der Waals surface area contributed by atoms with Gasteiger partial charge < -0.3 is 24.5 Å². The van der Waals surface area contributed by atoms with Gasteiger partial charge in [0.25, 0.3) is 0 Å². The minimum Gasteiger partial charge on any atom is -0.444 e. The van der Waals surface area contributed by atoms with Crippen LogP contribution in [0.2, 0.25) is 5.02 Å². The number of aliphatic hydroxyl groups is 1. The molecule has 1 N–H and O–H groups in total. The number of piperazine rings is 1. The van der Waals surface area contributed by atoms with Crippen LogP contribution in [0.4, 0.5) is 16.3 Å². The lowest BCUT2D eigenvalue weighted by Gasteiger charge is -2.41. The van der Waals surface area contributed by atoms with Crippen molar-refractivity contribution < 1.29 is 14.6 Å². The number of carbonyl (C=O) groups is 1. The Bertz CT molecular complexity index is 1290. The number of benzene rings is 1. The molecule has 0 bridgehead atoms. The second-order valence-electron chi connectivity index (χ2n) is 10.9. The van der Waals surface area contributed by atoms with Crippen LogP contribution in [0.1, 0.15) is 40.5 Å². The Hall–Kier alpha value is -3.04. The standard InChI is InChI=1S/C27H35ClN6O3/c1-18-14-31(26(36)37-27(2,3)4)11-12-32(18)24-23-22(33-10-6-9-21(33)16-35)15-34(25(23)30-17-29-24)20-8-5-7-19(28)13-20/h5,7-8,13,15,17-18,21,35H,6,9-12,14,16H2,1-4H3. The number of aliphatic hydroxyl groups excluding tert-OH is 1. The summed E-state index contributed by atoms with van der Waals surface area (Å²) in [4.78, 5) is 28.5. The molecule has 1 aromatic carbocycles. The van der Waals surface area contributed by atoms with Gasteiger partial charge in [-0.15, -0.1) is 0 Å². The Kier molecular flexibility index (Phi) is 6.93. The van der Waals surface area contributed by atoms with Crippen molar-refractivity contribution in [3.63, 3.8) is 0 Å². The second kappa shape index (κ2) is 10.0. The van der Waals surface area contributed by atoms with Gasteiger partial charge in [0.15, 0.2) is 5.65 Å². The first kappa shape index (κ1) is 25.6. The molecule has 37 heavy (non-hydrogen) atoms. The van der Waals surface area contributed by atoms with E-state index in [4.69, 9.17) is 26.3 Å². The first-order valence-electron chi connectivity index (χ1n) is 12.9. The number of carbonyl (C=O) groups excluding carboxylic acids is 1. The Morgan fingerprint density at radius 1 is 1.19 bits per heavy atom. The number of hydrogen-bond donors (Lipinski definition) is 1. The molecule has 2 aliphatic heterocycles. The number of hydrogen-bond acceptors (Lipinski definition) is 7. The highest BCUT2D eigenvalue weighted by atomic mass is 35.5. The van der Waals surface area contributed by atoms with Gasteiger partial charge in [0.1, 0.15) is 17.7 Å². The molecule has 2 atom stereocenters. The van der Waals surface area contributed by atoms with E-state index in [1.807, 2.05) is 45.0 Å². The number of amides is 1. The van der Waals surface area contributed by atoms with Crippen LogP contribution in [0.5, 0.6) is 0 Å². The third-order valence-electron chi connectivity index (χ3n) is 7.08. The van der Waals surface area contributed by atoms with E-state index < -0.39 is 5.60 Å². The molecule has 2 saturated heterocycles. The van der Waals surface area contributed by atoms with Crippen molar-refractivity contribution in [3.8, 4) is 5.69 Å². The molecule has 0 spiro atoms. The zero-order valence-corrected chi connectivity index (χ0v) is 22.6.